The van der Waals surface area contributed by atoms with E-state index in [4.69, 9.17) is 4.74 Å². The monoisotopic (exact) mass is 381 g/mol. The third-order valence-electron chi connectivity index (χ3n) is 6.05. The minimum absolute atomic E-state index is 0.165. The highest BCUT2D eigenvalue weighted by molar-refractivity contribution is 5.98. The number of piperidine rings is 1. The number of benzene rings is 2. The van der Waals surface area contributed by atoms with Gasteiger partial charge in [-0.3, -0.25) is 9.69 Å². The molecular formula is C24H28FNO2. The Bertz CT molecular complexity index is 810. The van der Waals surface area contributed by atoms with E-state index in [1.165, 1.54) is 18.4 Å². The van der Waals surface area contributed by atoms with Crippen molar-refractivity contribution in [1.82, 2.24) is 4.90 Å². The van der Waals surface area contributed by atoms with Crippen LogP contribution in [0.5, 0.6) is 5.75 Å². The van der Waals surface area contributed by atoms with Crippen LogP contribution in [0.25, 0.3) is 0 Å². The molecule has 2 aromatic rings. The molecule has 1 aliphatic carbocycles. The summed E-state index contributed by atoms with van der Waals surface area (Å²) < 4.78 is 19.0. The zero-order chi connectivity index (χ0) is 19.3. The van der Waals surface area contributed by atoms with E-state index in [2.05, 4.69) is 4.90 Å². The Kier molecular flexibility index (Phi) is 6.06. The van der Waals surface area contributed by atoms with Crippen LogP contribution in [0.15, 0.2) is 42.5 Å². The lowest BCUT2D eigenvalue weighted by molar-refractivity contribution is 0.0971. The molecule has 4 heteroatoms. The first-order valence-electron chi connectivity index (χ1n) is 10.4. The summed E-state index contributed by atoms with van der Waals surface area (Å²) in [6.45, 7) is 3.72. The summed E-state index contributed by atoms with van der Waals surface area (Å²) in [5, 5.41) is 0. The number of ketones is 1. The number of hydrogen-bond donors (Lipinski definition) is 0. The van der Waals surface area contributed by atoms with Gasteiger partial charge in [0.05, 0.1) is 0 Å². The third-order valence-corrected chi connectivity index (χ3v) is 6.05. The number of Topliss-reactive ketones (excluding diaryl/α,β-unsaturated/α-hetero) is 1. The number of aryl methyl sites for hydroxylation is 1. The fraction of sp³-hybridized carbons (Fsp3) is 0.458. The second-order valence-corrected chi connectivity index (χ2v) is 8.06. The van der Waals surface area contributed by atoms with Gasteiger partial charge in [0.25, 0.3) is 0 Å². The molecule has 1 saturated heterocycles. The lowest BCUT2D eigenvalue weighted by Gasteiger charge is -2.32. The Morgan fingerprint density at radius 2 is 1.82 bits per heavy atom. The lowest BCUT2D eigenvalue weighted by atomic mass is 9.90. The molecule has 0 aromatic heterocycles. The summed E-state index contributed by atoms with van der Waals surface area (Å²) in [5.41, 5.74) is 3.24. The van der Waals surface area contributed by atoms with Crippen LogP contribution in [-0.4, -0.2) is 36.9 Å². The van der Waals surface area contributed by atoms with Crippen molar-refractivity contribution in [2.24, 2.45) is 5.92 Å². The van der Waals surface area contributed by atoms with E-state index in [-0.39, 0.29) is 11.6 Å². The molecular weight excluding hydrogens is 353 g/mol. The third kappa shape index (κ3) is 4.79. The van der Waals surface area contributed by atoms with Crippen LogP contribution in [0.2, 0.25) is 0 Å². The average molecular weight is 381 g/mol. The molecule has 1 fully saturated rings. The summed E-state index contributed by atoms with van der Waals surface area (Å²) in [6.07, 6.45) is 5.99. The zero-order valence-electron chi connectivity index (χ0n) is 16.3. The van der Waals surface area contributed by atoms with E-state index < -0.39 is 0 Å². The van der Waals surface area contributed by atoms with Crippen LogP contribution in [0, 0.1) is 11.7 Å². The first-order valence-corrected chi connectivity index (χ1v) is 10.4. The summed E-state index contributed by atoms with van der Waals surface area (Å²) in [6, 6.07) is 12.9. The van der Waals surface area contributed by atoms with Gasteiger partial charge in [0, 0.05) is 18.5 Å². The number of fused-ring (bicyclic) bond motifs is 1. The molecule has 0 saturated carbocycles. The maximum Gasteiger partial charge on any atom is 0.163 e. The van der Waals surface area contributed by atoms with Gasteiger partial charge in [0.2, 0.25) is 0 Å². The van der Waals surface area contributed by atoms with Crippen molar-refractivity contribution in [3.05, 3.63) is 65.0 Å². The van der Waals surface area contributed by atoms with Gasteiger partial charge in [-0.05, 0) is 86.5 Å². The molecule has 0 unspecified atom stereocenters. The van der Waals surface area contributed by atoms with Crippen molar-refractivity contribution < 1.29 is 13.9 Å². The molecule has 2 aromatic carbocycles. The highest BCUT2D eigenvalue weighted by Gasteiger charge is 2.20. The Hall–Kier alpha value is -2.20. The largest absolute Gasteiger partial charge is 0.492 e. The van der Waals surface area contributed by atoms with Crippen molar-refractivity contribution in [3.63, 3.8) is 0 Å². The van der Waals surface area contributed by atoms with Crippen LogP contribution < -0.4 is 4.74 Å². The Labute approximate surface area is 166 Å². The van der Waals surface area contributed by atoms with Crippen LogP contribution in [0.1, 0.15) is 47.2 Å². The van der Waals surface area contributed by atoms with Crippen molar-refractivity contribution in [2.75, 3.05) is 26.2 Å². The molecule has 0 radical (unpaired) electrons. The van der Waals surface area contributed by atoms with Crippen LogP contribution in [0.4, 0.5) is 4.39 Å². The maximum atomic E-state index is 13.0. The van der Waals surface area contributed by atoms with Gasteiger partial charge in [-0.15, -0.1) is 0 Å². The molecule has 0 amide bonds. The topological polar surface area (TPSA) is 29.5 Å². The molecule has 2 aliphatic rings. The molecule has 1 heterocycles. The minimum atomic E-state index is -0.165. The predicted molar refractivity (Wildman–Crippen MR) is 108 cm³/mol. The highest BCUT2D eigenvalue weighted by Crippen LogP contribution is 2.26. The van der Waals surface area contributed by atoms with Crippen molar-refractivity contribution >= 4 is 5.78 Å². The summed E-state index contributed by atoms with van der Waals surface area (Å²) >= 11 is 0. The standard InChI is InChI=1S/C24H28FNO2/c25-21-7-4-18(5-8-21)16-19-10-12-26(13-11-19)14-15-28-22-9-6-20-2-1-3-24(27)23(20)17-22/h4-9,17,19H,1-3,10-16H2. The molecule has 0 N–H and O–H groups in total. The summed E-state index contributed by atoms with van der Waals surface area (Å²) in [5.74, 6) is 1.56. The molecule has 4 rings (SSSR count). The number of ether oxygens (including phenoxy) is 1. The number of likely N-dealkylation sites (tertiary alicyclic amines) is 1. The van der Waals surface area contributed by atoms with Crippen LogP contribution in [-0.2, 0) is 12.8 Å². The van der Waals surface area contributed by atoms with E-state index in [1.54, 1.807) is 12.1 Å². The summed E-state index contributed by atoms with van der Waals surface area (Å²) in [4.78, 5) is 14.5. The van der Waals surface area contributed by atoms with E-state index in [0.717, 1.165) is 55.8 Å². The molecule has 0 bridgehead atoms. The number of hydrogen-bond acceptors (Lipinski definition) is 3. The number of rotatable bonds is 6. The van der Waals surface area contributed by atoms with Crippen molar-refractivity contribution in [2.45, 2.75) is 38.5 Å². The van der Waals surface area contributed by atoms with Gasteiger partial charge in [0.15, 0.2) is 5.78 Å². The number of halogens is 1. The Morgan fingerprint density at radius 3 is 2.61 bits per heavy atom. The normalized spacial score (nSPS) is 18.1. The lowest BCUT2D eigenvalue weighted by Crippen LogP contribution is -2.37. The second kappa shape index (κ2) is 8.87. The SMILES string of the molecule is O=C1CCCc2ccc(OCCN3CCC(Cc4ccc(F)cc4)CC3)cc21. The molecule has 1 aliphatic heterocycles. The smallest absolute Gasteiger partial charge is 0.163 e. The quantitative estimate of drug-likeness (QED) is 0.728. The van der Waals surface area contributed by atoms with E-state index in [0.29, 0.717) is 18.9 Å². The summed E-state index contributed by atoms with van der Waals surface area (Å²) in [7, 11) is 0. The van der Waals surface area contributed by atoms with Crippen LogP contribution >= 0.6 is 0 Å². The fourth-order valence-electron chi connectivity index (χ4n) is 4.36. The number of carbonyl (C=O) groups excluding carboxylic acids is 1. The van der Waals surface area contributed by atoms with Crippen LogP contribution in [0.3, 0.4) is 0 Å². The van der Waals surface area contributed by atoms with Gasteiger partial charge in [-0.1, -0.05) is 18.2 Å². The van der Waals surface area contributed by atoms with Gasteiger partial charge >= 0.3 is 0 Å². The van der Waals surface area contributed by atoms with E-state index in [1.807, 2.05) is 30.3 Å². The fourth-order valence-corrected chi connectivity index (χ4v) is 4.36. The molecule has 3 nitrogen and oxygen atoms in total. The van der Waals surface area contributed by atoms with Gasteiger partial charge in [-0.25, -0.2) is 4.39 Å². The van der Waals surface area contributed by atoms with Gasteiger partial charge in [0.1, 0.15) is 18.2 Å². The van der Waals surface area contributed by atoms with Crippen molar-refractivity contribution in [3.8, 4) is 5.75 Å². The highest BCUT2D eigenvalue weighted by atomic mass is 19.1. The predicted octanol–water partition coefficient (Wildman–Crippen LogP) is 4.68. The van der Waals surface area contributed by atoms with Gasteiger partial charge < -0.3 is 4.74 Å². The molecule has 0 spiro atoms. The minimum Gasteiger partial charge on any atom is -0.492 e. The molecule has 0 atom stereocenters. The average Bonchev–Trinajstić information content (AvgIpc) is 2.72. The first-order chi connectivity index (χ1) is 13.7. The number of carbonyl (C=O) groups is 1. The van der Waals surface area contributed by atoms with E-state index in [9.17, 15) is 9.18 Å². The van der Waals surface area contributed by atoms with Gasteiger partial charge in [-0.2, -0.15) is 0 Å². The van der Waals surface area contributed by atoms with E-state index >= 15 is 0 Å². The van der Waals surface area contributed by atoms with Crippen molar-refractivity contribution in [1.29, 1.82) is 0 Å². The Balaban J connectivity index is 1.20. The first kappa shape index (κ1) is 19.1. The number of nitrogens with zero attached hydrogens (tertiary/aromatic N) is 1. The molecule has 28 heavy (non-hydrogen) atoms. The second-order valence-electron chi connectivity index (χ2n) is 8.06. The zero-order valence-corrected chi connectivity index (χ0v) is 16.3. The Morgan fingerprint density at radius 1 is 1.04 bits per heavy atom. The molecule has 148 valence electrons. The maximum absolute atomic E-state index is 13.0.